The van der Waals surface area contributed by atoms with E-state index in [-0.39, 0.29) is 12.6 Å². The van der Waals surface area contributed by atoms with Crippen LogP contribution in [0.4, 0.5) is 0 Å². The number of ether oxygens (including phenoxy) is 1. The van der Waals surface area contributed by atoms with E-state index in [2.05, 4.69) is 0 Å². The first-order valence-corrected chi connectivity index (χ1v) is 6.43. The summed E-state index contributed by atoms with van der Waals surface area (Å²) in [6.07, 6.45) is -0.716. The van der Waals surface area contributed by atoms with E-state index in [1.165, 1.54) is 11.8 Å². The zero-order chi connectivity index (χ0) is 12.8. The van der Waals surface area contributed by atoms with Gasteiger partial charge >= 0.3 is 0 Å². The lowest BCUT2D eigenvalue weighted by atomic mass is 10.1. The number of thioether (sulfide) groups is 1. The molecule has 1 rings (SSSR count). The molecule has 0 bridgehead atoms. The fourth-order valence-corrected chi connectivity index (χ4v) is 2.61. The van der Waals surface area contributed by atoms with Crippen molar-refractivity contribution >= 4 is 11.8 Å². The second-order valence-corrected chi connectivity index (χ2v) is 4.87. The van der Waals surface area contributed by atoms with Gasteiger partial charge in [-0.05, 0) is 19.1 Å². The molecule has 0 aliphatic rings. The van der Waals surface area contributed by atoms with Gasteiger partial charge in [-0.15, -0.1) is 11.8 Å². The van der Waals surface area contributed by atoms with Crippen LogP contribution < -0.4 is 10.5 Å². The van der Waals surface area contributed by atoms with Crippen molar-refractivity contribution in [3.8, 4) is 5.75 Å². The van der Waals surface area contributed by atoms with Crippen molar-refractivity contribution in [1.82, 2.24) is 0 Å². The first kappa shape index (κ1) is 14.3. The van der Waals surface area contributed by atoms with Crippen molar-refractivity contribution in [2.45, 2.75) is 24.0 Å². The molecule has 1 aromatic rings. The molecule has 0 aromatic heterocycles. The molecule has 4 N–H and O–H groups in total. The molecule has 2 unspecified atom stereocenters. The molecule has 0 amide bonds. The van der Waals surface area contributed by atoms with Crippen LogP contribution in [0.3, 0.4) is 0 Å². The standard InChI is InChI=1S/C12H19NO3S/c1-8(13)12-10(16-2)4-3-5-11(12)17-7-9(15)6-14/h3-5,8-9,14-15H,6-7,13H2,1-2H3. The summed E-state index contributed by atoms with van der Waals surface area (Å²) < 4.78 is 5.28. The van der Waals surface area contributed by atoms with E-state index in [1.807, 2.05) is 25.1 Å². The van der Waals surface area contributed by atoms with Crippen molar-refractivity contribution in [2.24, 2.45) is 5.73 Å². The minimum absolute atomic E-state index is 0.139. The van der Waals surface area contributed by atoms with Crippen molar-refractivity contribution in [3.63, 3.8) is 0 Å². The Morgan fingerprint density at radius 1 is 1.47 bits per heavy atom. The van der Waals surface area contributed by atoms with Crippen LogP contribution in [-0.2, 0) is 0 Å². The van der Waals surface area contributed by atoms with Gasteiger partial charge < -0.3 is 20.7 Å². The van der Waals surface area contributed by atoms with Crippen molar-refractivity contribution in [3.05, 3.63) is 23.8 Å². The van der Waals surface area contributed by atoms with Gasteiger partial charge in [-0.3, -0.25) is 0 Å². The summed E-state index contributed by atoms with van der Waals surface area (Å²) in [5.74, 6) is 1.19. The van der Waals surface area contributed by atoms with Gasteiger partial charge in [0.2, 0.25) is 0 Å². The van der Waals surface area contributed by atoms with Gasteiger partial charge in [-0.1, -0.05) is 6.07 Å². The van der Waals surface area contributed by atoms with E-state index in [9.17, 15) is 5.11 Å². The van der Waals surface area contributed by atoms with Gasteiger partial charge in [0.1, 0.15) is 5.75 Å². The summed E-state index contributed by atoms with van der Waals surface area (Å²) in [4.78, 5) is 0.979. The number of hydrogen-bond donors (Lipinski definition) is 3. The van der Waals surface area contributed by atoms with Crippen LogP contribution in [0, 0.1) is 0 Å². The highest BCUT2D eigenvalue weighted by Gasteiger charge is 2.14. The molecule has 0 heterocycles. The van der Waals surface area contributed by atoms with Crippen molar-refractivity contribution in [2.75, 3.05) is 19.5 Å². The topological polar surface area (TPSA) is 75.7 Å². The fourth-order valence-electron chi connectivity index (χ4n) is 1.52. The van der Waals surface area contributed by atoms with E-state index in [1.54, 1.807) is 7.11 Å². The molecule has 0 aliphatic heterocycles. The average molecular weight is 257 g/mol. The Morgan fingerprint density at radius 3 is 2.71 bits per heavy atom. The van der Waals surface area contributed by atoms with Gasteiger partial charge in [-0.2, -0.15) is 0 Å². The molecule has 4 nitrogen and oxygen atoms in total. The number of benzene rings is 1. The smallest absolute Gasteiger partial charge is 0.124 e. The zero-order valence-electron chi connectivity index (χ0n) is 10.1. The van der Waals surface area contributed by atoms with Crippen LogP contribution in [0.15, 0.2) is 23.1 Å². The first-order chi connectivity index (χ1) is 8.10. The molecule has 2 atom stereocenters. The number of rotatable bonds is 6. The summed E-state index contributed by atoms with van der Waals surface area (Å²) in [7, 11) is 1.61. The third-order valence-corrected chi connectivity index (χ3v) is 3.56. The van der Waals surface area contributed by atoms with Crippen LogP contribution in [0.1, 0.15) is 18.5 Å². The highest BCUT2D eigenvalue weighted by molar-refractivity contribution is 7.99. The summed E-state index contributed by atoms with van der Waals surface area (Å²) >= 11 is 1.47. The third kappa shape index (κ3) is 3.89. The molecule has 0 spiro atoms. The lowest BCUT2D eigenvalue weighted by Crippen LogP contribution is -2.15. The van der Waals surface area contributed by atoms with Crippen molar-refractivity contribution < 1.29 is 14.9 Å². The second kappa shape index (κ2) is 6.86. The van der Waals surface area contributed by atoms with E-state index in [4.69, 9.17) is 15.6 Å². The molecule has 0 aliphatic carbocycles. The molecular weight excluding hydrogens is 238 g/mol. The summed E-state index contributed by atoms with van der Waals surface area (Å²) in [6.45, 7) is 1.66. The maximum absolute atomic E-state index is 9.34. The minimum atomic E-state index is -0.716. The molecule has 5 heteroatoms. The Balaban J connectivity index is 2.90. The third-order valence-electron chi connectivity index (χ3n) is 2.34. The Hall–Kier alpha value is -0.750. The first-order valence-electron chi connectivity index (χ1n) is 5.44. The zero-order valence-corrected chi connectivity index (χ0v) is 10.9. The average Bonchev–Trinajstić information content (AvgIpc) is 2.34. The van der Waals surface area contributed by atoms with E-state index in [0.29, 0.717) is 5.75 Å². The molecule has 1 aromatic carbocycles. The normalized spacial score (nSPS) is 14.4. The SMILES string of the molecule is COc1cccc(SCC(O)CO)c1C(C)N. The van der Waals surface area contributed by atoms with Crippen LogP contribution in [-0.4, -0.2) is 35.8 Å². The van der Waals surface area contributed by atoms with Gasteiger partial charge in [0.05, 0.1) is 19.8 Å². The van der Waals surface area contributed by atoms with Crippen LogP contribution in [0.2, 0.25) is 0 Å². The molecule has 0 fully saturated rings. The summed E-state index contributed by atoms with van der Waals surface area (Å²) in [6, 6.07) is 5.56. The van der Waals surface area contributed by atoms with Gasteiger partial charge in [0.25, 0.3) is 0 Å². The minimum Gasteiger partial charge on any atom is -0.496 e. The Kier molecular flexibility index (Phi) is 5.77. The maximum Gasteiger partial charge on any atom is 0.124 e. The van der Waals surface area contributed by atoms with Crippen LogP contribution in [0.25, 0.3) is 0 Å². The maximum atomic E-state index is 9.34. The molecule has 0 saturated heterocycles. The molecule has 0 radical (unpaired) electrons. The van der Waals surface area contributed by atoms with E-state index in [0.717, 1.165) is 16.2 Å². The number of nitrogens with two attached hydrogens (primary N) is 1. The van der Waals surface area contributed by atoms with Gasteiger partial charge in [0.15, 0.2) is 0 Å². The van der Waals surface area contributed by atoms with Crippen LogP contribution >= 0.6 is 11.8 Å². The number of hydrogen-bond acceptors (Lipinski definition) is 5. The summed E-state index contributed by atoms with van der Waals surface area (Å²) in [5, 5.41) is 18.1. The fraction of sp³-hybridized carbons (Fsp3) is 0.500. The second-order valence-electron chi connectivity index (χ2n) is 3.81. The van der Waals surface area contributed by atoms with Crippen molar-refractivity contribution in [1.29, 1.82) is 0 Å². The highest BCUT2D eigenvalue weighted by Crippen LogP contribution is 2.34. The quantitative estimate of drug-likeness (QED) is 0.667. The van der Waals surface area contributed by atoms with Gasteiger partial charge in [-0.25, -0.2) is 0 Å². The molecule has 96 valence electrons. The monoisotopic (exact) mass is 257 g/mol. The largest absolute Gasteiger partial charge is 0.496 e. The summed E-state index contributed by atoms with van der Waals surface area (Å²) in [5.41, 5.74) is 6.86. The molecule has 0 saturated carbocycles. The Morgan fingerprint density at radius 2 is 2.18 bits per heavy atom. The highest BCUT2D eigenvalue weighted by atomic mass is 32.2. The predicted molar refractivity (Wildman–Crippen MR) is 69.4 cm³/mol. The van der Waals surface area contributed by atoms with Gasteiger partial charge in [0, 0.05) is 22.3 Å². The Labute approximate surface area is 106 Å². The lowest BCUT2D eigenvalue weighted by Gasteiger charge is -2.17. The molecule has 17 heavy (non-hydrogen) atoms. The van der Waals surface area contributed by atoms with Crippen LogP contribution in [0.5, 0.6) is 5.75 Å². The predicted octanol–water partition coefficient (Wildman–Crippen LogP) is 1.16. The number of methoxy groups -OCH3 is 1. The van der Waals surface area contributed by atoms with E-state index >= 15 is 0 Å². The number of aliphatic hydroxyl groups is 2. The van der Waals surface area contributed by atoms with E-state index < -0.39 is 6.10 Å². The molecular formula is C12H19NO3S. The number of aliphatic hydroxyl groups excluding tert-OH is 2. The lowest BCUT2D eigenvalue weighted by molar-refractivity contribution is 0.113. The Bertz CT molecular complexity index is 358.